The van der Waals surface area contributed by atoms with Crippen LogP contribution in [0.4, 0.5) is 0 Å². The maximum Gasteiger partial charge on any atom is 0.397 e. The largest absolute Gasteiger partial charge is 0.457 e. The monoisotopic (exact) mass is 953 g/mol. The SMILES string of the molecule is CC/C=C\C/C=C\C/C=C\C/C=C\C/C=C\CCCCCCOCC(COC1OC(CO)C(O)C(OS(=O)(=O)O)C1O)OC(=O)CCCCCCCCCCC/C=C\CCCCCCCC. The molecule has 0 aliphatic carbocycles. The van der Waals surface area contributed by atoms with Crippen LogP contribution in [0.5, 0.6) is 0 Å². The number of esters is 1. The maximum atomic E-state index is 12.9. The predicted molar refractivity (Wildman–Crippen MR) is 266 cm³/mol. The van der Waals surface area contributed by atoms with E-state index in [1.165, 1.54) is 83.5 Å². The average Bonchev–Trinajstić information content (AvgIpc) is 3.29. The molecule has 0 bridgehead atoms. The van der Waals surface area contributed by atoms with Crippen molar-refractivity contribution in [3.8, 4) is 0 Å². The molecule has 0 aromatic rings. The van der Waals surface area contributed by atoms with Gasteiger partial charge in [0.05, 0.1) is 19.8 Å². The minimum absolute atomic E-state index is 0.0150. The zero-order valence-corrected chi connectivity index (χ0v) is 41.8. The highest BCUT2D eigenvalue weighted by molar-refractivity contribution is 7.80. The maximum absolute atomic E-state index is 12.9. The summed E-state index contributed by atoms with van der Waals surface area (Å²) < 4.78 is 59.2. The third-order valence-corrected chi connectivity index (χ3v) is 11.8. The topological polar surface area (TPSA) is 178 Å². The summed E-state index contributed by atoms with van der Waals surface area (Å²) in [5.41, 5.74) is 0. The van der Waals surface area contributed by atoms with Gasteiger partial charge in [-0.05, 0) is 83.5 Å². The van der Waals surface area contributed by atoms with E-state index in [1.54, 1.807) is 0 Å². The second kappa shape index (κ2) is 43.8. The number of carbonyl (C=O) groups is 1. The lowest BCUT2D eigenvalue weighted by Crippen LogP contribution is -2.60. The van der Waals surface area contributed by atoms with Crippen molar-refractivity contribution < 1.29 is 56.2 Å². The number of ether oxygens (including phenoxy) is 4. The van der Waals surface area contributed by atoms with E-state index in [0.29, 0.717) is 13.0 Å². The lowest BCUT2D eigenvalue weighted by molar-refractivity contribution is -0.301. The van der Waals surface area contributed by atoms with Crippen molar-refractivity contribution in [3.05, 3.63) is 72.9 Å². The van der Waals surface area contributed by atoms with Crippen LogP contribution >= 0.6 is 0 Å². The van der Waals surface area contributed by atoms with E-state index >= 15 is 0 Å². The molecule has 1 saturated heterocycles. The van der Waals surface area contributed by atoms with Gasteiger partial charge in [0.1, 0.15) is 30.5 Å². The van der Waals surface area contributed by atoms with Crippen LogP contribution in [0.25, 0.3) is 0 Å². The van der Waals surface area contributed by atoms with Crippen LogP contribution in [0.15, 0.2) is 72.9 Å². The molecule has 1 rings (SSSR count). The molecule has 0 amide bonds. The number of hydrogen-bond acceptors (Lipinski definition) is 11. The molecule has 0 aromatic carbocycles. The Labute approximate surface area is 401 Å². The molecule has 1 heterocycles. The first kappa shape index (κ1) is 61.6. The van der Waals surface area contributed by atoms with Crippen LogP contribution in [0.3, 0.4) is 0 Å². The number of carbonyl (C=O) groups excluding carboxylic acids is 1. The van der Waals surface area contributed by atoms with E-state index in [2.05, 4.69) is 90.9 Å². The van der Waals surface area contributed by atoms with Crippen molar-refractivity contribution in [1.29, 1.82) is 0 Å². The summed E-state index contributed by atoms with van der Waals surface area (Å²) in [6, 6.07) is 0. The van der Waals surface area contributed by atoms with E-state index in [4.69, 9.17) is 18.9 Å². The summed E-state index contributed by atoms with van der Waals surface area (Å²) in [5.74, 6) is -0.412. The molecule has 1 aliphatic heterocycles. The molecule has 66 heavy (non-hydrogen) atoms. The highest BCUT2D eigenvalue weighted by Gasteiger charge is 2.48. The molecule has 0 radical (unpaired) electrons. The van der Waals surface area contributed by atoms with Crippen molar-refractivity contribution in [2.75, 3.05) is 26.4 Å². The smallest absolute Gasteiger partial charge is 0.397 e. The third kappa shape index (κ3) is 36.6. The van der Waals surface area contributed by atoms with Crippen LogP contribution in [0.2, 0.25) is 0 Å². The number of hydrogen-bond donors (Lipinski definition) is 4. The summed E-state index contributed by atoms with van der Waals surface area (Å²) in [4.78, 5) is 12.9. The van der Waals surface area contributed by atoms with Gasteiger partial charge in [0, 0.05) is 13.0 Å². The molecule has 0 saturated carbocycles. The molecule has 1 fully saturated rings. The van der Waals surface area contributed by atoms with Gasteiger partial charge in [-0.2, -0.15) is 8.42 Å². The minimum atomic E-state index is -5.07. The number of unbranched alkanes of at least 4 members (excludes halogenated alkanes) is 19. The summed E-state index contributed by atoms with van der Waals surface area (Å²) in [6.45, 7) is 3.82. The number of aliphatic hydroxyl groups is 3. The fourth-order valence-corrected chi connectivity index (χ4v) is 7.97. The number of rotatable bonds is 44. The average molecular weight is 953 g/mol. The van der Waals surface area contributed by atoms with Crippen molar-refractivity contribution >= 4 is 16.4 Å². The van der Waals surface area contributed by atoms with E-state index < -0.39 is 59.8 Å². The summed E-state index contributed by atoms with van der Waals surface area (Å²) in [5, 5.41) is 30.8. The Morgan fingerprint density at radius 3 is 1.55 bits per heavy atom. The van der Waals surface area contributed by atoms with Crippen molar-refractivity contribution in [2.24, 2.45) is 0 Å². The predicted octanol–water partition coefficient (Wildman–Crippen LogP) is 11.9. The Morgan fingerprint density at radius 1 is 0.591 bits per heavy atom. The Bertz CT molecular complexity index is 1420. The first-order valence-corrected chi connectivity index (χ1v) is 27.1. The molecule has 0 aromatic heterocycles. The van der Waals surface area contributed by atoms with Gasteiger partial charge in [-0.1, -0.05) is 177 Å². The summed E-state index contributed by atoms with van der Waals surface area (Å²) >= 11 is 0. The third-order valence-electron chi connectivity index (χ3n) is 11.3. The molecule has 4 N–H and O–H groups in total. The summed E-state index contributed by atoms with van der Waals surface area (Å²) in [7, 11) is -5.07. The van der Waals surface area contributed by atoms with Crippen LogP contribution in [0.1, 0.15) is 194 Å². The molecule has 6 atom stereocenters. The number of allylic oxidation sites excluding steroid dienone is 12. The highest BCUT2D eigenvalue weighted by Crippen LogP contribution is 2.26. The van der Waals surface area contributed by atoms with Crippen LogP contribution in [-0.4, -0.2) is 97.5 Å². The molecule has 0 spiro atoms. The summed E-state index contributed by atoms with van der Waals surface area (Å²) in [6.07, 6.45) is 47.9. The normalized spacial score (nSPS) is 20.1. The van der Waals surface area contributed by atoms with Crippen molar-refractivity contribution in [1.82, 2.24) is 0 Å². The van der Waals surface area contributed by atoms with Gasteiger partial charge >= 0.3 is 16.4 Å². The fraction of sp³-hybridized carbons (Fsp3) is 0.755. The van der Waals surface area contributed by atoms with Gasteiger partial charge in [0.15, 0.2) is 6.29 Å². The van der Waals surface area contributed by atoms with Crippen molar-refractivity contribution in [3.63, 3.8) is 0 Å². The molecule has 13 heteroatoms. The molecule has 6 unspecified atom stereocenters. The Morgan fingerprint density at radius 2 is 1.05 bits per heavy atom. The van der Waals surface area contributed by atoms with E-state index in [9.17, 15) is 33.1 Å². The van der Waals surface area contributed by atoms with Crippen LogP contribution in [0, 0.1) is 0 Å². The minimum Gasteiger partial charge on any atom is -0.457 e. The zero-order valence-electron chi connectivity index (χ0n) is 41.0. The van der Waals surface area contributed by atoms with Gasteiger partial charge in [-0.25, -0.2) is 4.18 Å². The number of aliphatic hydroxyl groups excluding tert-OH is 3. The first-order chi connectivity index (χ1) is 32.1. The van der Waals surface area contributed by atoms with E-state index in [-0.39, 0.29) is 19.6 Å². The second-order valence-electron chi connectivity index (χ2n) is 17.4. The van der Waals surface area contributed by atoms with Crippen molar-refractivity contribution in [2.45, 2.75) is 230 Å². The Balaban J connectivity index is 2.40. The first-order valence-electron chi connectivity index (χ1n) is 25.7. The Hall–Kier alpha value is -2.46. The van der Waals surface area contributed by atoms with Gasteiger partial charge in [-0.3, -0.25) is 9.35 Å². The van der Waals surface area contributed by atoms with Gasteiger partial charge in [-0.15, -0.1) is 0 Å². The standard InChI is InChI=1S/C53H92O12S/c1-3-5-7-9-11-13-15-17-19-21-23-25-27-29-31-33-35-37-39-41-43-61-45-47(46-62-53-51(57)52(65-66(58,59)60)50(56)48(44-54)64-53)63-49(55)42-40-38-36-34-32-30-28-26-24-22-20-18-16-14-12-10-8-6-4-2/h5,7,11,13,17-20,23,25,29,31,47-48,50-54,56-57H,3-4,6,8-10,12,14-16,21-22,24,26-28,30,32-46H2,1-2H3,(H,58,59,60)/b7-5-,13-11-,19-17-,20-18-,25-23-,31-29-. The molecule has 12 nitrogen and oxygen atoms in total. The van der Waals surface area contributed by atoms with Crippen LogP contribution in [-0.2, 0) is 38.3 Å². The zero-order chi connectivity index (χ0) is 48.2. The second-order valence-corrected chi connectivity index (χ2v) is 18.4. The molecular formula is C53H92O12S. The fourth-order valence-electron chi connectivity index (χ4n) is 7.46. The molecule has 382 valence electrons. The Kier molecular flexibility index (Phi) is 40.8. The lowest BCUT2D eigenvalue weighted by atomic mass is 9.99. The lowest BCUT2D eigenvalue weighted by Gasteiger charge is -2.41. The van der Waals surface area contributed by atoms with E-state index in [1.807, 2.05) is 0 Å². The van der Waals surface area contributed by atoms with Gasteiger partial charge in [0.25, 0.3) is 0 Å². The molecular weight excluding hydrogens is 861 g/mol. The van der Waals surface area contributed by atoms with Gasteiger partial charge in [0.2, 0.25) is 0 Å². The van der Waals surface area contributed by atoms with E-state index in [0.717, 1.165) is 83.5 Å². The quantitative estimate of drug-likeness (QED) is 0.0197. The molecule has 1 aliphatic rings. The van der Waals surface area contributed by atoms with Gasteiger partial charge < -0.3 is 34.3 Å². The highest BCUT2D eigenvalue weighted by atomic mass is 32.3. The van der Waals surface area contributed by atoms with Crippen LogP contribution < -0.4 is 0 Å².